The molecule has 1 aromatic carbocycles. The molecule has 0 radical (unpaired) electrons. The lowest BCUT2D eigenvalue weighted by Crippen LogP contribution is -2.40. The Kier molecular flexibility index (Phi) is 4.27. The molecule has 0 spiro atoms. The predicted molar refractivity (Wildman–Crippen MR) is 113 cm³/mol. The van der Waals surface area contributed by atoms with Crippen LogP contribution in [0.5, 0.6) is 0 Å². The van der Waals surface area contributed by atoms with E-state index in [1.807, 2.05) is 42.5 Å². The zero-order valence-corrected chi connectivity index (χ0v) is 16.9. The predicted octanol–water partition coefficient (Wildman–Crippen LogP) is 4.58. The van der Waals surface area contributed by atoms with Gasteiger partial charge in [-0.25, -0.2) is 5.01 Å². The zero-order chi connectivity index (χ0) is 20.1. The number of hydrogen-bond acceptors (Lipinski definition) is 5. The molecule has 6 rings (SSSR count). The minimum Gasteiger partial charge on any atom is -0.467 e. The molecular weight excluding hydrogens is 378 g/mol. The van der Waals surface area contributed by atoms with Crippen molar-refractivity contribution in [3.8, 4) is 0 Å². The highest BCUT2D eigenvalue weighted by Crippen LogP contribution is 2.37. The van der Waals surface area contributed by atoms with E-state index in [4.69, 9.17) is 13.9 Å². The number of carbonyl (C=O) groups excluding carboxylic acids is 1. The number of benzene rings is 1. The van der Waals surface area contributed by atoms with Crippen LogP contribution >= 0.6 is 0 Å². The van der Waals surface area contributed by atoms with Crippen LogP contribution < -0.4 is 0 Å². The average molecular weight is 403 g/mol. The summed E-state index contributed by atoms with van der Waals surface area (Å²) in [5.74, 6) is 2.29. The van der Waals surface area contributed by atoms with E-state index in [0.717, 1.165) is 40.7 Å². The van der Waals surface area contributed by atoms with E-state index in [2.05, 4.69) is 4.90 Å². The van der Waals surface area contributed by atoms with Gasteiger partial charge in [-0.2, -0.15) is 5.10 Å². The molecule has 3 aliphatic rings. The fourth-order valence-electron chi connectivity index (χ4n) is 4.38. The van der Waals surface area contributed by atoms with Crippen molar-refractivity contribution in [3.63, 3.8) is 0 Å². The average Bonchev–Trinajstić information content (AvgIpc) is 3.59. The number of hydrogen-bond donors (Lipinski definition) is 0. The highest BCUT2D eigenvalue weighted by molar-refractivity contribution is 6.03. The van der Waals surface area contributed by atoms with Gasteiger partial charge in [0.15, 0.2) is 5.76 Å². The molecule has 0 bridgehead atoms. The van der Waals surface area contributed by atoms with E-state index >= 15 is 0 Å². The first-order valence-corrected chi connectivity index (χ1v) is 10.9. The van der Waals surface area contributed by atoms with Crippen LogP contribution in [0, 0.1) is 5.92 Å². The second kappa shape index (κ2) is 7.13. The van der Waals surface area contributed by atoms with Gasteiger partial charge in [0.25, 0.3) is 5.91 Å². The van der Waals surface area contributed by atoms with Gasteiger partial charge in [0.1, 0.15) is 23.1 Å². The van der Waals surface area contributed by atoms with Crippen LogP contribution in [0.2, 0.25) is 0 Å². The molecule has 30 heavy (non-hydrogen) atoms. The Balaban J connectivity index is 1.28. The zero-order valence-electron chi connectivity index (χ0n) is 16.9. The summed E-state index contributed by atoms with van der Waals surface area (Å²) in [7, 11) is 0. The molecule has 2 saturated carbocycles. The normalized spacial score (nSPS) is 21.6. The lowest BCUT2D eigenvalue weighted by Gasteiger charge is -2.25. The summed E-state index contributed by atoms with van der Waals surface area (Å²) in [5.41, 5.74) is 1.62. The fourth-order valence-corrected chi connectivity index (χ4v) is 4.38. The minimum atomic E-state index is -0.224. The maximum atomic E-state index is 13.3. The molecule has 6 heteroatoms. The van der Waals surface area contributed by atoms with Crippen molar-refractivity contribution in [3.05, 3.63) is 60.2 Å². The van der Waals surface area contributed by atoms with Gasteiger partial charge >= 0.3 is 0 Å². The molecule has 3 heterocycles. The first kappa shape index (κ1) is 18.0. The minimum absolute atomic E-state index is 0.0371. The van der Waals surface area contributed by atoms with Crippen molar-refractivity contribution in [2.75, 3.05) is 13.1 Å². The van der Waals surface area contributed by atoms with E-state index < -0.39 is 0 Å². The van der Waals surface area contributed by atoms with Crippen molar-refractivity contribution in [2.24, 2.45) is 11.0 Å². The molecule has 2 fully saturated rings. The van der Waals surface area contributed by atoms with Crippen LogP contribution in [-0.2, 0) is 4.79 Å². The van der Waals surface area contributed by atoms with Crippen molar-refractivity contribution in [1.29, 1.82) is 0 Å². The number of furan rings is 2. The van der Waals surface area contributed by atoms with Crippen molar-refractivity contribution in [1.82, 2.24) is 9.91 Å². The Morgan fingerprint density at radius 3 is 2.73 bits per heavy atom. The number of para-hydroxylation sites is 1. The quantitative estimate of drug-likeness (QED) is 0.579. The van der Waals surface area contributed by atoms with E-state index in [1.54, 1.807) is 11.3 Å². The maximum Gasteiger partial charge on any atom is 0.257 e. The summed E-state index contributed by atoms with van der Waals surface area (Å²) < 4.78 is 11.7. The first-order valence-electron chi connectivity index (χ1n) is 10.9. The summed E-state index contributed by atoms with van der Waals surface area (Å²) >= 11 is 0. The monoisotopic (exact) mass is 403 g/mol. The van der Waals surface area contributed by atoms with Gasteiger partial charge in [0, 0.05) is 24.4 Å². The Morgan fingerprint density at radius 1 is 1.13 bits per heavy atom. The lowest BCUT2D eigenvalue weighted by molar-refractivity contribution is -0.134. The third-order valence-electron chi connectivity index (χ3n) is 6.34. The van der Waals surface area contributed by atoms with Gasteiger partial charge in [0.05, 0.1) is 12.8 Å². The molecule has 1 amide bonds. The number of rotatable bonds is 7. The molecule has 1 unspecified atom stereocenters. The van der Waals surface area contributed by atoms with Crippen molar-refractivity contribution < 1.29 is 13.6 Å². The molecule has 1 atom stereocenters. The van der Waals surface area contributed by atoms with Gasteiger partial charge in [0.2, 0.25) is 0 Å². The van der Waals surface area contributed by atoms with E-state index in [-0.39, 0.29) is 11.9 Å². The number of carbonyl (C=O) groups is 1. The number of fused-ring (bicyclic) bond motifs is 1. The molecule has 6 nitrogen and oxygen atoms in total. The van der Waals surface area contributed by atoms with E-state index in [1.165, 1.54) is 25.7 Å². The van der Waals surface area contributed by atoms with Crippen LogP contribution in [0.4, 0.5) is 0 Å². The second-order valence-corrected chi connectivity index (χ2v) is 8.77. The number of hydrazone groups is 1. The van der Waals surface area contributed by atoms with Crippen LogP contribution in [0.3, 0.4) is 0 Å². The highest BCUT2D eigenvalue weighted by atomic mass is 16.3. The summed E-state index contributed by atoms with van der Waals surface area (Å²) in [4.78, 5) is 15.7. The Hall–Kier alpha value is -2.86. The van der Waals surface area contributed by atoms with Gasteiger partial charge in [-0.1, -0.05) is 18.2 Å². The molecule has 0 saturated heterocycles. The molecule has 2 aliphatic carbocycles. The van der Waals surface area contributed by atoms with Crippen molar-refractivity contribution in [2.45, 2.75) is 44.2 Å². The smallest absolute Gasteiger partial charge is 0.257 e. The van der Waals surface area contributed by atoms with Gasteiger partial charge < -0.3 is 8.83 Å². The summed E-state index contributed by atoms with van der Waals surface area (Å²) in [6, 6.07) is 14.1. The maximum absolute atomic E-state index is 13.3. The first-order chi connectivity index (χ1) is 14.7. The summed E-state index contributed by atoms with van der Waals surface area (Å²) in [6.07, 6.45) is 7.24. The molecular formula is C24H25N3O3. The highest BCUT2D eigenvalue weighted by Gasteiger charge is 2.39. The van der Waals surface area contributed by atoms with Gasteiger partial charge in [-0.15, -0.1) is 0 Å². The standard InChI is InChI=1S/C24H25N3O3/c28-24(15-26(18-9-10-18)14-16-7-8-16)27-20(22-6-3-11-29-22)13-19(25-27)23-12-17-4-1-2-5-21(17)30-23/h1-6,11-12,16,18,20H,7-10,13-15H2. The lowest BCUT2D eigenvalue weighted by atomic mass is 10.1. The van der Waals surface area contributed by atoms with Gasteiger partial charge in [-0.3, -0.25) is 9.69 Å². The Bertz CT molecular complexity index is 1060. The second-order valence-electron chi connectivity index (χ2n) is 8.77. The Labute approximate surface area is 175 Å². The Morgan fingerprint density at radius 2 is 2.00 bits per heavy atom. The third-order valence-corrected chi connectivity index (χ3v) is 6.34. The summed E-state index contributed by atoms with van der Waals surface area (Å²) in [5, 5.41) is 7.41. The van der Waals surface area contributed by atoms with Crippen molar-refractivity contribution >= 4 is 22.6 Å². The largest absolute Gasteiger partial charge is 0.467 e. The molecule has 2 aromatic heterocycles. The molecule has 154 valence electrons. The van der Waals surface area contributed by atoms with E-state index in [9.17, 15) is 4.79 Å². The molecule has 3 aromatic rings. The number of nitrogens with zero attached hydrogens (tertiary/aromatic N) is 3. The van der Waals surface area contributed by atoms with Crippen LogP contribution in [0.1, 0.15) is 49.7 Å². The van der Waals surface area contributed by atoms with Crippen LogP contribution in [-0.4, -0.2) is 40.7 Å². The topological polar surface area (TPSA) is 62.2 Å². The molecule has 0 N–H and O–H groups in total. The van der Waals surface area contributed by atoms with E-state index in [0.29, 0.717) is 19.0 Å². The van der Waals surface area contributed by atoms with Gasteiger partial charge in [-0.05, 0) is 55.9 Å². The number of amides is 1. The third kappa shape index (κ3) is 3.45. The van der Waals surface area contributed by atoms with Crippen LogP contribution in [0.15, 0.2) is 62.7 Å². The fraction of sp³-hybridized carbons (Fsp3) is 0.417. The van der Waals surface area contributed by atoms with Crippen LogP contribution in [0.25, 0.3) is 11.0 Å². The summed E-state index contributed by atoms with van der Waals surface area (Å²) in [6.45, 7) is 1.46. The molecule has 1 aliphatic heterocycles. The SMILES string of the molecule is O=C(CN(CC1CC1)C1CC1)N1N=C(c2cc3ccccc3o2)CC1c1ccco1.